The number of amides is 1. The minimum Gasteiger partial charge on any atom is -0.466 e. The lowest BCUT2D eigenvalue weighted by Crippen LogP contribution is -2.27. The van der Waals surface area contributed by atoms with Gasteiger partial charge in [-0.2, -0.15) is 0 Å². The van der Waals surface area contributed by atoms with Gasteiger partial charge in [-0.3, -0.25) is 4.79 Å². The van der Waals surface area contributed by atoms with E-state index in [0.29, 0.717) is 25.3 Å². The molecule has 1 amide bonds. The van der Waals surface area contributed by atoms with Crippen molar-refractivity contribution in [3.63, 3.8) is 0 Å². The quantitative estimate of drug-likeness (QED) is 0.817. The van der Waals surface area contributed by atoms with Crippen molar-refractivity contribution in [2.24, 2.45) is 5.92 Å². The molecule has 6 nitrogen and oxygen atoms in total. The summed E-state index contributed by atoms with van der Waals surface area (Å²) in [5.74, 6) is 5.37. The van der Waals surface area contributed by atoms with Gasteiger partial charge in [-0.25, -0.2) is 0 Å². The summed E-state index contributed by atoms with van der Waals surface area (Å²) in [4.78, 5) is 14.1. The smallest absolute Gasteiger partial charge is 0.223 e. The Bertz CT molecular complexity index is 748. The SMILES string of the molecule is CC1CC1c1ccc(CCC(=O)N(C)Cc2nnc3n2CCC3)o1. The van der Waals surface area contributed by atoms with Crippen LogP contribution < -0.4 is 0 Å². The number of hydrogen-bond donors (Lipinski definition) is 0. The lowest BCUT2D eigenvalue weighted by molar-refractivity contribution is -0.130. The third kappa shape index (κ3) is 2.97. The summed E-state index contributed by atoms with van der Waals surface area (Å²) >= 11 is 0. The van der Waals surface area contributed by atoms with E-state index in [1.54, 1.807) is 4.90 Å². The predicted octanol–water partition coefficient (Wildman–Crippen LogP) is 2.53. The minimum absolute atomic E-state index is 0.114. The van der Waals surface area contributed by atoms with Crippen molar-refractivity contribution in [3.05, 3.63) is 35.3 Å². The van der Waals surface area contributed by atoms with Crippen molar-refractivity contribution >= 4 is 5.91 Å². The molecule has 24 heavy (non-hydrogen) atoms. The van der Waals surface area contributed by atoms with Gasteiger partial charge >= 0.3 is 0 Å². The Labute approximate surface area is 141 Å². The van der Waals surface area contributed by atoms with Gasteiger partial charge < -0.3 is 13.9 Å². The van der Waals surface area contributed by atoms with E-state index < -0.39 is 0 Å². The van der Waals surface area contributed by atoms with Crippen LogP contribution in [-0.4, -0.2) is 32.6 Å². The van der Waals surface area contributed by atoms with Crippen molar-refractivity contribution in [2.45, 2.75) is 58.0 Å². The zero-order valence-electron chi connectivity index (χ0n) is 14.4. The summed E-state index contributed by atoms with van der Waals surface area (Å²) in [5.41, 5.74) is 0. The third-order valence-corrected chi connectivity index (χ3v) is 5.23. The van der Waals surface area contributed by atoms with E-state index in [0.717, 1.165) is 48.5 Å². The molecule has 2 aromatic rings. The molecule has 0 spiro atoms. The molecule has 128 valence electrons. The number of aromatic nitrogens is 3. The molecule has 2 aromatic heterocycles. The molecule has 4 rings (SSSR count). The summed E-state index contributed by atoms with van der Waals surface area (Å²) in [5, 5.41) is 8.41. The summed E-state index contributed by atoms with van der Waals surface area (Å²) in [7, 11) is 1.83. The molecule has 0 aromatic carbocycles. The maximum absolute atomic E-state index is 12.4. The van der Waals surface area contributed by atoms with E-state index in [2.05, 4.69) is 27.8 Å². The number of furan rings is 1. The number of fused-ring (bicyclic) bond motifs is 1. The Morgan fingerprint density at radius 2 is 2.25 bits per heavy atom. The highest BCUT2D eigenvalue weighted by atomic mass is 16.3. The summed E-state index contributed by atoms with van der Waals surface area (Å²) < 4.78 is 8.02. The van der Waals surface area contributed by atoms with Crippen LogP contribution in [0.25, 0.3) is 0 Å². The van der Waals surface area contributed by atoms with Crippen LogP contribution in [0.3, 0.4) is 0 Å². The van der Waals surface area contributed by atoms with E-state index in [1.165, 1.54) is 6.42 Å². The topological polar surface area (TPSA) is 64.2 Å². The highest BCUT2D eigenvalue weighted by molar-refractivity contribution is 5.76. The molecule has 1 aliphatic carbocycles. The molecule has 0 radical (unpaired) electrons. The van der Waals surface area contributed by atoms with Crippen LogP contribution in [0, 0.1) is 5.92 Å². The van der Waals surface area contributed by atoms with Crippen LogP contribution in [0.1, 0.15) is 55.3 Å². The van der Waals surface area contributed by atoms with Gasteiger partial charge in [0.25, 0.3) is 0 Å². The number of nitrogens with zero attached hydrogens (tertiary/aromatic N) is 4. The van der Waals surface area contributed by atoms with Crippen molar-refractivity contribution in [3.8, 4) is 0 Å². The van der Waals surface area contributed by atoms with Gasteiger partial charge in [0.2, 0.25) is 5.91 Å². The molecular formula is C18H24N4O2. The molecule has 1 fully saturated rings. The standard InChI is InChI=1S/C18H24N4O2/c1-12-10-14(12)15-7-5-13(24-15)6-8-18(23)21(2)11-17-20-19-16-4-3-9-22(16)17/h5,7,12,14H,3-4,6,8-11H2,1-2H3. The lowest BCUT2D eigenvalue weighted by atomic mass is 10.2. The van der Waals surface area contributed by atoms with Gasteiger partial charge in [0.1, 0.15) is 17.3 Å². The monoisotopic (exact) mass is 328 g/mol. The highest BCUT2D eigenvalue weighted by Crippen LogP contribution is 2.47. The molecule has 0 N–H and O–H groups in total. The van der Waals surface area contributed by atoms with Gasteiger partial charge in [0.05, 0.1) is 6.54 Å². The Balaban J connectivity index is 1.30. The first-order valence-corrected chi connectivity index (χ1v) is 8.85. The summed E-state index contributed by atoms with van der Waals surface area (Å²) in [6.45, 7) is 3.73. The molecular weight excluding hydrogens is 304 g/mol. The van der Waals surface area contributed by atoms with E-state index in [9.17, 15) is 4.79 Å². The molecule has 1 saturated carbocycles. The fourth-order valence-electron chi connectivity index (χ4n) is 3.50. The van der Waals surface area contributed by atoms with Crippen molar-refractivity contribution in [1.82, 2.24) is 19.7 Å². The van der Waals surface area contributed by atoms with Gasteiger partial charge in [0.15, 0.2) is 5.82 Å². The van der Waals surface area contributed by atoms with Crippen LogP contribution in [-0.2, 0) is 30.7 Å². The van der Waals surface area contributed by atoms with Gasteiger partial charge in [-0.05, 0) is 30.9 Å². The van der Waals surface area contributed by atoms with E-state index in [4.69, 9.17) is 4.42 Å². The molecule has 0 bridgehead atoms. The first kappa shape index (κ1) is 15.4. The molecule has 6 heteroatoms. The number of carbonyl (C=O) groups is 1. The number of hydrogen-bond acceptors (Lipinski definition) is 4. The minimum atomic E-state index is 0.114. The van der Waals surface area contributed by atoms with E-state index in [-0.39, 0.29) is 5.91 Å². The van der Waals surface area contributed by atoms with Gasteiger partial charge in [-0.1, -0.05) is 6.92 Å². The molecule has 2 unspecified atom stereocenters. The maximum Gasteiger partial charge on any atom is 0.223 e. The summed E-state index contributed by atoms with van der Waals surface area (Å²) in [6.07, 6.45) is 4.45. The average molecular weight is 328 g/mol. The summed E-state index contributed by atoms with van der Waals surface area (Å²) in [6, 6.07) is 4.08. The Kier molecular flexibility index (Phi) is 3.90. The zero-order valence-corrected chi connectivity index (χ0v) is 14.4. The number of rotatable bonds is 6. The second-order valence-corrected chi connectivity index (χ2v) is 7.16. The molecule has 0 saturated heterocycles. The van der Waals surface area contributed by atoms with E-state index in [1.807, 2.05) is 13.1 Å². The first-order chi connectivity index (χ1) is 11.6. The maximum atomic E-state index is 12.4. The Morgan fingerprint density at radius 3 is 3.04 bits per heavy atom. The molecule has 2 atom stereocenters. The Morgan fingerprint density at radius 1 is 1.42 bits per heavy atom. The second kappa shape index (κ2) is 6.07. The van der Waals surface area contributed by atoms with Crippen LogP contribution >= 0.6 is 0 Å². The third-order valence-electron chi connectivity index (χ3n) is 5.23. The van der Waals surface area contributed by atoms with Crippen molar-refractivity contribution in [2.75, 3.05) is 7.05 Å². The number of carbonyl (C=O) groups excluding carboxylic acids is 1. The fourth-order valence-corrected chi connectivity index (χ4v) is 3.50. The van der Waals surface area contributed by atoms with Gasteiger partial charge in [-0.15, -0.1) is 10.2 Å². The first-order valence-electron chi connectivity index (χ1n) is 8.85. The lowest BCUT2D eigenvalue weighted by Gasteiger charge is -2.16. The van der Waals surface area contributed by atoms with Gasteiger partial charge in [0, 0.05) is 38.8 Å². The van der Waals surface area contributed by atoms with E-state index >= 15 is 0 Å². The predicted molar refractivity (Wildman–Crippen MR) is 88.4 cm³/mol. The van der Waals surface area contributed by atoms with Crippen molar-refractivity contribution in [1.29, 1.82) is 0 Å². The number of aryl methyl sites for hydroxylation is 2. The van der Waals surface area contributed by atoms with Crippen LogP contribution in [0.2, 0.25) is 0 Å². The average Bonchev–Trinajstić information content (AvgIpc) is 3.00. The van der Waals surface area contributed by atoms with Crippen LogP contribution in [0.5, 0.6) is 0 Å². The molecule has 3 heterocycles. The zero-order chi connectivity index (χ0) is 16.7. The fraction of sp³-hybridized carbons (Fsp3) is 0.611. The van der Waals surface area contributed by atoms with Crippen molar-refractivity contribution < 1.29 is 9.21 Å². The highest BCUT2D eigenvalue weighted by Gasteiger charge is 2.36. The Hall–Kier alpha value is -2.11. The largest absolute Gasteiger partial charge is 0.466 e. The molecule has 1 aliphatic heterocycles. The second-order valence-electron chi connectivity index (χ2n) is 7.16. The normalized spacial score (nSPS) is 21.8. The molecule has 2 aliphatic rings. The van der Waals surface area contributed by atoms with Crippen LogP contribution in [0.4, 0.5) is 0 Å². The van der Waals surface area contributed by atoms with Crippen LogP contribution in [0.15, 0.2) is 16.5 Å².